The number of benzene rings is 2. The number of esters is 2. The van der Waals surface area contributed by atoms with Crippen LogP contribution in [0.1, 0.15) is 22.8 Å². The van der Waals surface area contributed by atoms with E-state index >= 15 is 0 Å². The van der Waals surface area contributed by atoms with Gasteiger partial charge in [0.15, 0.2) is 5.78 Å². The molecular formula is C26H32ClNO7. The standard InChI is InChI=1S/C18H16O5.C8H16NO2.ClH/c1-3-22-18(21)12(2)23-14-9-10-15(16(19)11-14)17(20)13-7-5-4-6-8-13;1-5-8(10)11-7-6-9(2,3)4;/h4-11,19H,2-3H2,1H3;5H,1,6-7H2,2-4H3;1H/q;+1;/p-1. The van der Waals surface area contributed by atoms with Crippen LogP contribution in [0.25, 0.3) is 0 Å². The molecule has 2 rings (SSSR count). The Labute approximate surface area is 212 Å². The first-order valence-corrected chi connectivity index (χ1v) is 10.5. The summed E-state index contributed by atoms with van der Waals surface area (Å²) in [4.78, 5) is 34.3. The van der Waals surface area contributed by atoms with Crippen LogP contribution in [0.4, 0.5) is 0 Å². The summed E-state index contributed by atoms with van der Waals surface area (Å²) >= 11 is 0. The molecule has 0 saturated carbocycles. The summed E-state index contributed by atoms with van der Waals surface area (Å²) in [5, 5.41) is 10.0. The molecule has 0 amide bonds. The summed E-state index contributed by atoms with van der Waals surface area (Å²) in [5.74, 6) is -1.60. The van der Waals surface area contributed by atoms with E-state index in [0.29, 0.717) is 12.2 Å². The van der Waals surface area contributed by atoms with Crippen LogP contribution in [-0.2, 0) is 19.1 Å². The number of likely N-dealkylation sites (N-methyl/N-ethyl adjacent to an activating group) is 1. The maximum absolute atomic E-state index is 12.3. The zero-order valence-corrected chi connectivity index (χ0v) is 21.2. The third kappa shape index (κ3) is 11.9. The third-order valence-electron chi connectivity index (χ3n) is 4.17. The fraction of sp³-hybridized carbons (Fsp3) is 0.269. The van der Waals surface area contributed by atoms with Gasteiger partial charge in [-0.25, -0.2) is 9.59 Å². The second kappa shape index (κ2) is 15.3. The minimum atomic E-state index is -0.684. The van der Waals surface area contributed by atoms with Crippen molar-refractivity contribution >= 4 is 17.7 Å². The summed E-state index contributed by atoms with van der Waals surface area (Å²) in [6.45, 7) is 9.90. The van der Waals surface area contributed by atoms with Gasteiger partial charge in [-0.2, -0.15) is 0 Å². The molecule has 0 heterocycles. The highest BCUT2D eigenvalue weighted by molar-refractivity contribution is 6.10. The molecular weight excluding hydrogens is 474 g/mol. The Balaban J connectivity index is 0.000000822. The first kappa shape index (κ1) is 31.4. The SMILES string of the molecule is C=C(Oc1ccc(C(=O)c2ccccc2)c(O)c1)C(=O)OCC.C=CC(=O)OCC[N+](C)(C)C.[Cl-]. The number of aromatic hydroxyl groups is 1. The Morgan fingerprint density at radius 1 is 1.03 bits per heavy atom. The number of rotatable bonds is 10. The maximum Gasteiger partial charge on any atom is 0.373 e. The van der Waals surface area contributed by atoms with Crippen LogP contribution in [0.2, 0.25) is 0 Å². The van der Waals surface area contributed by atoms with Gasteiger partial charge in [0.25, 0.3) is 0 Å². The van der Waals surface area contributed by atoms with Crippen molar-refractivity contribution in [2.75, 3.05) is 40.9 Å². The monoisotopic (exact) mass is 505 g/mol. The van der Waals surface area contributed by atoms with Crippen LogP contribution in [0.15, 0.2) is 73.5 Å². The number of hydrogen-bond acceptors (Lipinski definition) is 7. The molecule has 8 nitrogen and oxygen atoms in total. The number of phenolic OH excluding ortho intramolecular Hbond substituents is 1. The number of carbonyl (C=O) groups is 3. The van der Waals surface area contributed by atoms with E-state index in [9.17, 15) is 19.5 Å². The molecule has 0 aromatic heterocycles. The molecule has 35 heavy (non-hydrogen) atoms. The summed E-state index contributed by atoms with van der Waals surface area (Å²) in [6.07, 6.45) is 1.18. The van der Waals surface area contributed by atoms with Gasteiger partial charge in [-0.15, -0.1) is 0 Å². The molecule has 0 atom stereocenters. The number of halogens is 1. The van der Waals surface area contributed by atoms with E-state index in [1.165, 1.54) is 24.3 Å². The Morgan fingerprint density at radius 2 is 1.66 bits per heavy atom. The number of ether oxygens (including phenoxy) is 3. The largest absolute Gasteiger partial charge is 1.00 e. The molecule has 0 spiro atoms. The number of hydrogen-bond donors (Lipinski definition) is 1. The molecule has 0 aliphatic heterocycles. The molecule has 1 N–H and O–H groups in total. The van der Waals surface area contributed by atoms with E-state index in [2.05, 4.69) is 13.2 Å². The molecule has 0 radical (unpaired) electrons. The molecule has 2 aromatic rings. The van der Waals surface area contributed by atoms with Gasteiger partial charge in [-0.3, -0.25) is 4.79 Å². The van der Waals surface area contributed by atoms with Crippen LogP contribution < -0.4 is 17.1 Å². The lowest BCUT2D eigenvalue weighted by Crippen LogP contribution is -3.00. The second-order valence-corrected chi connectivity index (χ2v) is 8.01. The van der Waals surface area contributed by atoms with Gasteiger partial charge >= 0.3 is 11.9 Å². The molecule has 0 aliphatic carbocycles. The molecule has 9 heteroatoms. The quantitative estimate of drug-likeness (QED) is 0.165. The molecule has 190 valence electrons. The molecule has 0 bridgehead atoms. The zero-order valence-electron chi connectivity index (χ0n) is 20.5. The Morgan fingerprint density at radius 3 is 2.17 bits per heavy atom. The minimum Gasteiger partial charge on any atom is -1.00 e. The minimum absolute atomic E-state index is 0. The predicted octanol–water partition coefficient (Wildman–Crippen LogP) is 0.505. The van der Waals surface area contributed by atoms with E-state index in [4.69, 9.17) is 14.2 Å². The van der Waals surface area contributed by atoms with Crippen molar-refractivity contribution in [1.29, 1.82) is 0 Å². The highest BCUT2D eigenvalue weighted by Gasteiger charge is 2.16. The van der Waals surface area contributed by atoms with Crippen LogP contribution in [0.3, 0.4) is 0 Å². The average molecular weight is 506 g/mol. The van der Waals surface area contributed by atoms with Gasteiger partial charge < -0.3 is 36.2 Å². The number of quaternary nitrogens is 1. The summed E-state index contributed by atoms with van der Waals surface area (Å²) in [6, 6.07) is 12.8. The van der Waals surface area contributed by atoms with Crippen molar-refractivity contribution in [1.82, 2.24) is 0 Å². The number of carbonyl (C=O) groups excluding carboxylic acids is 3. The molecule has 0 fully saturated rings. The fourth-order valence-electron chi connectivity index (χ4n) is 2.39. The van der Waals surface area contributed by atoms with E-state index < -0.39 is 5.97 Å². The highest BCUT2D eigenvalue weighted by Crippen LogP contribution is 2.27. The summed E-state index contributed by atoms with van der Waals surface area (Å²) < 4.78 is 15.5. The van der Waals surface area contributed by atoms with E-state index in [1.807, 2.05) is 21.1 Å². The van der Waals surface area contributed by atoms with Crippen molar-refractivity contribution in [3.63, 3.8) is 0 Å². The lowest BCUT2D eigenvalue weighted by Gasteiger charge is -2.23. The summed E-state index contributed by atoms with van der Waals surface area (Å²) in [7, 11) is 6.13. The van der Waals surface area contributed by atoms with Crippen molar-refractivity contribution in [3.05, 3.63) is 84.7 Å². The number of nitrogens with zero attached hydrogens (tertiary/aromatic N) is 1. The zero-order chi connectivity index (χ0) is 25.7. The maximum atomic E-state index is 12.3. The first-order valence-electron chi connectivity index (χ1n) is 10.5. The van der Waals surface area contributed by atoms with E-state index in [0.717, 1.165) is 11.0 Å². The Hall–Kier alpha value is -3.62. The molecule has 2 aromatic carbocycles. The lowest BCUT2D eigenvalue weighted by atomic mass is 10.0. The van der Waals surface area contributed by atoms with E-state index in [-0.39, 0.29) is 53.6 Å². The smallest absolute Gasteiger partial charge is 0.373 e. The topological polar surface area (TPSA) is 99.1 Å². The Bertz CT molecular complexity index is 1010. The van der Waals surface area contributed by atoms with Crippen LogP contribution in [0.5, 0.6) is 11.5 Å². The first-order chi connectivity index (χ1) is 16.0. The second-order valence-electron chi connectivity index (χ2n) is 8.01. The molecule has 0 aliphatic rings. The van der Waals surface area contributed by atoms with Gasteiger partial charge in [-0.05, 0) is 25.6 Å². The average Bonchev–Trinajstić information content (AvgIpc) is 2.79. The van der Waals surface area contributed by atoms with Gasteiger partial charge in [0, 0.05) is 17.7 Å². The molecule has 0 unspecified atom stereocenters. The number of ketones is 1. The van der Waals surface area contributed by atoms with Crippen molar-refractivity contribution in [2.45, 2.75) is 6.92 Å². The van der Waals surface area contributed by atoms with Crippen LogP contribution >= 0.6 is 0 Å². The highest BCUT2D eigenvalue weighted by atomic mass is 35.5. The lowest BCUT2D eigenvalue weighted by molar-refractivity contribution is -0.870. The third-order valence-corrected chi connectivity index (χ3v) is 4.17. The van der Waals surface area contributed by atoms with Crippen molar-refractivity contribution in [3.8, 4) is 11.5 Å². The fourth-order valence-corrected chi connectivity index (χ4v) is 2.39. The van der Waals surface area contributed by atoms with Gasteiger partial charge in [0.2, 0.25) is 5.76 Å². The number of phenols is 1. The van der Waals surface area contributed by atoms with Crippen molar-refractivity contribution in [2.24, 2.45) is 0 Å². The predicted molar refractivity (Wildman–Crippen MR) is 128 cm³/mol. The van der Waals surface area contributed by atoms with Gasteiger partial charge in [0.1, 0.15) is 24.7 Å². The van der Waals surface area contributed by atoms with Crippen molar-refractivity contribution < 1.29 is 50.6 Å². The Kier molecular flexibility index (Phi) is 13.7. The molecule has 0 saturated heterocycles. The van der Waals surface area contributed by atoms with Gasteiger partial charge in [-0.1, -0.05) is 36.9 Å². The van der Waals surface area contributed by atoms with Crippen LogP contribution in [0, 0.1) is 0 Å². The normalized spacial score (nSPS) is 9.94. The van der Waals surface area contributed by atoms with E-state index in [1.54, 1.807) is 37.3 Å². The summed E-state index contributed by atoms with van der Waals surface area (Å²) in [5.41, 5.74) is 0.609. The van der Waals surface area contributed by atoms with Crippen LogP contribution in [-0.4, -0.2) is 68.2 Å². The van der Waals surface area contributed by atoms with Gasteiger partial charge in [0.05, 0.1) is 33.3 Å².